The Morgan fingerprint density at radius 1 is 1.23 bits per heavy atom. The third-order valence-electron chi connectivity index (χ3n) is 3.29. The number of ether oxygens (including phenoxy) is 3. The molecule has 0 aromatic heterocycles. The van der Waals surface area contributed by atoms with Crippen molar-refractivity contribution in [2.45, 2.75) is 12.9 Å². The van der Waals surface area contributed by atoms with Gasteiger partial charge in [-0.15, -0.1) is 0 Å². The first-order chi connectivity index (χ1) is 10.6. The third kappa shape index (κ3) is 3.43. The summed E-state index contributed by atoms with van der Waals surface area (Å²) in [6.45, 7) is 1.18. The minimum atomic E-state index is -0.407. The number of benzene rings is 2. The maximum absolute atomic E-state index is 13.7. The number of halogens is 3. The van der Waals surface area contributed by atoms with Crippen LogP contribution in [0.1, 0.15) is 17.4 Å². The van der Waals surface area contributed by atoms with Gasteiger partial charge < -0.3 is 14.2 Å². The van der Waals surface area contributed by atoms with Gasteiger partial charge in [-0.1, -0.05) is 33.6 Å². The molecule has 22 heavy (non-hydrogen) atoms. The monoisotopic (exact) mass is 386 g/mol. The van der Waals surface area contributed by atoms with Crippen molar-refractivity contribution >= 4 is 27.5 Å². The molecule has 1 saturated heterocycles. The number of hydrogen-bond donors (Lipinski definition) is 0. The van der Waals surface area contributed by atoms with Gasteiger partial charge in [-0.25, -0.2) is 4.39 Å². The van der Waals surface area contributed by atoms with Crippen molar-refractivity contribution in [2.24, 2.45) is 0 Å². The lowest BCUT2D eigenvalue weighted by Gasteiger charge is -2.14. The van der Waals surface area contributed by atoms with Crippen molar-refractivity contribution in [3.05, 3.63) is 62.8 Å². The fourth-order valence-electron chi connectivity index (χ4n) is 2.16. The van der Waals surface area contributed by atoms with Crippen LogP contribution in [-0.4, -0.2) is 13.2 Å². The lowest BCUT2D eigenvalue weighted by atomic mass is 10.2. The van der Waals surface area contributed by atoms with Crippen LogP contribution in [0.3, 0.4) is 0 Å². The zero-order chi connectivity index (χ0) is 15.5. The first-order valence-electron chi connectivity index (χ1n) is 6.73. The summed E-state index contributed by atoms with van der Waals surface area (Å²) in [7, 11) is 0. The quantitative estimate of drug-likeness (QED) is 0.749. The van der Waals surface area contributed by atoms with Crippen LogP contribution >= 0.6 is 27.5 Å². The molecule has 1 heterocycles. The summed E-state index contributed by atoms with van der Waals surface area (Å²) >= 11 is 9.45. The van der Waals surface area contributed by atoms with E-state index in [0.29, 0.717) is 29.5 Å². The third-order valence-corrected chi connectivity index (χ3v) is 4.36. The minimum Gasteiger partial charge on any atom is -0.489 e. The molecule has 0 aliphatic carbocycles. The van der Waals surface area contributed by atoms with Crippen molar-refractivity contribution in [3.8, 4) is 5.75 Å². The van der Waals surface area contributed by atoms with E-state index in [2.05, 4.69) is 15.9 Å². The second-order valence-electron chi connectivity index (χ2n) is 4.75. The Morgan fingerprint density at radius 3 is 2.73 bits per heavy atom. The highest BCUT2D eigenvalue weighted by Gasteiger charge is 2.21. The Hall–Kier alpha value is -1.14. The van der Waals surface area contributed by atoms with Gasteiger partial charge in [-0.05, 0) is 30.3 Å². The molecule has 0 unspecified atom stereocenters. The molecule has 3 rings (SSSR count). The second kappa shape index (κ2) is 6.96. The Bertz CT molecular complexity index is 654. The lowest BCUT2D eigenvalue weighted by Crippen LogP contribution is -2.02. The Balaban J connectivity index is 1.77. The van der Waals surface area contributed by atoms with E-state index in [1.165, 1.54) is 6.07 Å². The van der Waals surface area contributed by atoms with Gasteiger partial charge in [0.2, 0.25) is 0 Å². The summed E-state index contributed by atoms with van der Waals surface area (Å²) in [5, 5.41) is 0.347. The van der Waals surface area contributed by atoms with Crippen LogP contribution in [0.4, 0.5) is 4.39 Å². The van der Waals surface area contributed by atoms with Gasteiger partial charge in [0.1, 0.15) is 18.2 Å². The van der Waals surface area contributed by atoms with Crippen LogP contribution in [-0.2, 0) is 16.1 Å². The zero-order valence-electron chi connectivity index (χ0n) is 11.5. The van der Waals surface area contributed by atoms with Crippen LogP contribution in [0, 0.1) is 5.82 Å². The SMILES string of the molecule is Fc1cccc(Cl)c1COc1ccc(Br)c(C2OCCO2)c1. The molecule has 0 N–H and O–H groups in total. The molecule has 116 valence electrons. The Morgan fingerprint density at radius 2 is 2.00 bits per heavy atom. The average molecular weight is 388 g/mol. The average Bonchev–Trinajstić information content (AvgIpc) is 3.02. The van der Waals surface area contributed by atoms with Crippen molar-refractivity contribution in [2.75, 3.05) is 13.2 Å². The molecule has 0 saturated carbocycles. The number of hydrogen-bond acceptors (Lipinski definition) is 3. The van der Waals surface area contributed by atoms with Crippen molar-refractivity contribution < 1.29 is 18.6 Å². The summed E-state index contributed by atoms with van der Waals surface area (Å²) in [4.78, 5) is 0. The van der Waals surface area contributed by atoms with E-state index in [1.807, 2.05) is 12.1 Å². The van der Waals surface area contributed by atoms with Crippen molar-refractivity contribution in [1.29, 1.82) is 0 Å². The molecule has 3 nitrogen and oxygen atoms in total. The van der Waals surface area contributed by atoms with Gasteiger partial charge in [0, 0.05) is 15.6 Å². The van der Waals surface area contributed by atoms with E-state index >= 15 is 0 Å². The van der Waals surface area contributed by atoms with E-state index in [0.717, 1.165) is 10.0 Å². The van der Waals surface area contributed by atoms with Gasteiger partial charge >= 0.3 is 0 Å². The normalized spacial score (nSPS) is 15.2. The molecule has 0 spiro atoms. The molecule has 1 aliphatic heterocycles. The summed E-state index contributed by atoms with van der Waals surface area (Å²) in [5.74, 6) is 0.212. The summed E-state index contributed by atoms with van der Waals surface area (Å²) in [5.41, 5.74) is 1.18. The Kier molecular flexibility index (Phi) is 4.98. The molecule has 0 bridgehead atoms. The van der Waals surface area contributed by atoms with E-state index in [4.69, 9.17) is 25.8 Å². The fraction of sp³-hybridized carbons (Fsp3) is 0.250. The predicted molar refractivity (Wildman–Crippen MR) is 84.5 cm³/mol. The van der Waals surface area contributed by atoms with Crippen LogP contribution in [0.5, 0.6) is 5.75 Å². The summed E-state index contributed by atoms with van der Waals surface area (Å²) in [6.07, 6.45) is -0.407. The van der Waals surface area contributed by atoms with E-state index < -0.39 is 6.29 Å². The number of rotatable bonds is 4. The first kappa shape index (κ1) is 15.7. The molecule has 0 atom stereocenters. The molecule has 1 fully saturated rings. The highest BCUT2D eigenvalue weighted by Crippen LogP contribution is 2.33. The van der Waals surface area contributed by atoms with Crippen molar-refractivity contribution in [3.63, 3.8) is 0 Å². The largest absolute Gasteiger partial charge is 0.489 e. The summed E-state index contributed by atoms with van der Waals surface area (Å²) in [6, 6.07) is 10.0. The molecule has 6 heteroatoms. The Labute approximate surface area is 141 Å². The molecular formula is C16H13BrClFO3. The molecule has 1 aliphatic rings. The molecular weight excluding hydrogens is 375 g/mol. The minimum absolute atomic E-state index is 0.0545. The molecule has 2 aromatic carbocycles. The zero-order valence-corrected chi connectivity index (χ0v) is 13.9. The van der Waals surface area contributed by atoms with E-state index in [1.54, 1.807) is 18.2 Å². The van der Waals surface area contributed by atoms with Crippen LogP contribution in [0.15, 0.2) is 40.9 Å². The van der Waals surface area contributed by atoms with E-state index in [9.17, 15) is 4.39 Å². The van der Waals surface area contributed by atoms with E-state index in [-0.39, 0.29) is 12.4 Å². The highest BCUT2D eigenvalue weighted by molar-refractivity contribution is 9.10. The van der Waals surface area contributed by atoms with Crippen molar-refractivity contribution in [1.82, 2.24) is 0 Å². The molecule has 0 radical (unpaired) electrons. The molecule has 0 amide bonds. The summed E-state index contributed by atoms with van der Waals surface area (Å²) < 4.78 is 31.2. The highest BCUT2D eigenvalue weighted by atomic mass is 79.9. The standard InChI is InChI=1S/C16H13BrClFO3/c17-13-5-4-10(8-11(13)16-20-6-7-21-16)22-9-12-14(18)2-1-3-15(12)19/h1-5,8,16H,6-7,9H2. The van der Waals surface area contributed by atoms with Gasteiger partial charge in [-0.3, -0.25) is 0 Å². The maximum Gasteiger partial charge on any atom is 0.185 e. The maximum atomic E-state index is 13.7. The predicted octanol–water partition coefficient (Wildman–Crippen LogP) is 4.87. The van der Waals surface area contributed by atoms with Gasteiger partial charge in [-0.2, -0.15) is 0 Å². The first-order valence-corrected chi connectivity index (χ1v) is 7.90. The van der Waals surface area contributed by atoms with Crippen LogP contribution in [0.2, 0.25) is 5.02 Å². The van der Waals surface area contributed by atoms with Gasteiger partial charge in [0.25, 0.3) is 0 Å². The smallest absolute Gasteiger partial charge is 0.185 e. The van der Waals surface area contributed by atoms with Crippen LogP contribution in [0.25, 0.3) is 0 Å². The van der Waals surface area contributed by atoms with Gasteiger partial charge in [0.15, 0.2) is 6.29 Å². The van der Waals surface area contributed by atoms with Crippen LogP contribution < -0.4 is 4.74 Å². The second-order valence-corrected chi connectivity index (χ2v) is 6.01. The van der Waals surface area contributed by atoms with Gasteiger partial charge in [0.05, 0.1) is 18.2 Å². The fourth-order valence-corrected chi connectivity index (χ4v) is 2.81. The lowest BCUT2D eigenvalue weighted by molar-refractivity contribution is -0.0447. The topological polar surface area (TPSA) is 27.7 Å². The molecule has 2 aromatic rings.